The molecule has 0 bridgehead atoms. The molecule has 5 nitrogen and oxygen atoms in total. The fourth-order valence-electron chi connectivity index (χ4n) is 2.09. The van der Waals surface area contributed by atoms with Gasteiger partial charge in [-0.1, -0.05) is 12.1 Å². The second kappa shape index (κ2) is 5.73. The average molecular weight is 249 g/mol. The van der Waals surface area contributed by atoms with E-state index < -0.39 is 0 Å². The van der Waals surface area contributed by atoms with Crippen LogP contribution >= 0.6 is 0 Å². The Morgan fingerprint density at radius 2 is 2.17 bits per heavy atom. The zero-order valence-electron chi connectivity index (χ0n) is 10.6. The van der Waals surface area contributed by atoms with Crippen LogP contribution < -0.4 is 15.8 Å². The van der Waals surface area contributed by atoms with Gasteiger partial charge in [-0.05, 0) is 30.7 Å². The van der Waals surface area contributed by atoms with Crippen LogP contribution in [0, 0.1) is 0 Å². The molecule has 2 amide bonds. The minimum Gasteiger partial charge on any atom is -0.497 e. The molecule has 0 aliphatic carbocycles. The summed E-state index contributed by atoms with van der Waals surface area (Å²) in [6.45, 7) is 2.02. The summed E-state index contributed by atoms with van der Waals surface area (Å²) in [5, 5.41) is 2.97. The van der Waals surface area contributed by atoms with Crippen LogP contribution in [-0.2, 0) is 0 Å². The van der Waals surface area contributed by atoms with E-state index in [0.717, 1.165) is 24.3 Å². The predicted octanol–water partition coefficient (Wildman–Crippen LogP) is 1.11. The molecule has 98 valence electrons. The molecular formula is C13H19N3O2. The molecule has 1 aromatic carbocycles. The van der Waals surface area contributed by atoms with Crippen molar-refractivity contribution in [3.05, 3.63) is 29.8 Å². The Hall–Kier alpha value is -1.75. The highest BCUT2D eigenvalue weighted by molar-refractivity contribution is 5.77. The van der Waals surface area contributed by atoms with Crippen molar-refractivity contribution < 1.29 is 9.53 Å². The first-order valence-electron chi connectivity index (χ1n) is 6.14. The first-order chi connectivity index (χ1) is 8.74. The first-order valence-corrected chi connectivity index (χ1v) is 6.14. The van der Waals surface area contributed by atoms with Gasteiger partial charge >= 0.3 is 6.03 Å². The molecule has 1 fully saturated rings. The lowest BCUT2D eigenvalue weighted by Crippen LogP contribution is -2.30. The number of carbonyl (C=O) groups is 1. The molecule has 1 unspecified atom stereocenters. The summed E-state index contributed by atoms with van der Waals surface area (Å²) in [5.74, 6) is 0.822. The van der Waals surface area contributed by atoms with E-state index in [4.69, 9.17) is 10.5 Å². The molecular weight excluding hydrogens is 230 g/mol. The number of nitrogens with zero attached hydrogens (tertiary/aromatic N) is 1. The number of ether oxygens (including phenoxy) is 1. The zero-order valence-corrected chi connectivity index (χ0v) is 10.6. The van der Waals surface area contributed by atoms with E-state index in [9.17, 15) is 4.79 Å². The summed E-state index contributed by atoms with van der Waals surface area (Å²) in [7, 11) is 1.64. The monoisotopic (exact) mass is 249 g/mol. The van der Waals surface area contributed by atoms with Gasteiger partial charge in [-0.15, -0.1) is 0 Å². The fraction of sp³-hybridized carbons (Fsp3) is 0.462. The van der Waals surface area contributed by atoms with E-state index >= 15 is 0 Å². The first kappa shape index (κ1) is 12.7. The Bertz CT molecular complexity index is 405. The number of hydrogen-bond donors (Lipinski definition) is 2. The van der Waals surface area contributed by atoms with Gasteiger partial charge < -0.3 is 20.7 Å². The van der Waals surface area contributed by atoms with Gasteiger partial charge in [0.05, 0.1) is 13.2 Å². The molecule has 1 aliphatic heterocycles. The van der Waals surface area contributed by atoms with Gasteiger partial charge in [0.15, 0.2) is 0 Å². The van der Waals surface area contributed by atoms with Gasteiger partial charge in [0.2, 0.25) is 0 Å². The summed E-state index contributed by atoms with van der Waals surface area (Å²) in [6.07, 6.45) is 0.836. The molecule has 0 saturated carbocycles. The summed E-state index contributed by atoms with van der Waals surface area (Å²) < 4.78 is 5.12. The maximum absolute atomic E-state index is 11.7. The zero-order chi connectivity index (χ0) is 13.0. The van der Waals surface area contributed by atoms with Crippen molar-refractivity contribution in [2.24, 2.45) is 5.73 Å². The number of nitrogens with one attached hydrogen (secondary N) is 1. The molecule has 1 saturated heterocycles. The van der Waals surface area contributed by atoms with Crippen LogP contribution in [0.2, 0.25) is 0 Å². The van der Waals surface area contributed by atoms with E-state index in [-0.39, 0.29) is 12.1 Å². The lowest BCUT2D eigenvalue weighted by Gasteiger charge is -2.14. The van der Waals surface area contributed by atoms with Crippen molar-refractivity contribution in [1.29, 1.82) is 0 Å². The van der Waals surface area contributed by atoms with Crippen LogP contribution in [0.1, 0.15) is 18.0 Å². The highest BCUT2D eigenvalue weighted by Gasteiger charge is 2.28. The normalized spacial score (nSPS) is 18.9. The van der Waals surface area contributed by atoms with Gasteiger partial charge in [-0.2, -0.15) is 0 Å². The lowest BCUT2D eigenvalue weighted by atomic mass is 10.1. The second-order valence-corrected chi connectivity index (χ2v) is 4.36. The number of rotatable bonds is 5. The van der Waals surface area contributed by atoms with Crippen molar-refractivity contribution in [1.82, 2.24) is 10.2 Å². The second-order valence-electron chi connectivity index (χ2n) is 4.36. The predicted molar refractivity (Wildman–Crippen MR) is 69.5 cm³/mol. The summed E-state index contributed by atoms with van der Waals surface area (Å²) in [6, 6.07) is 7.82. The van der Waals surface area contributed by atoms with Crippen molar-refractivity contribution in [3.8, 4) is 5.75 Å². The van der Waals surface area contributed by atoms with Gasteiger partial charge in [0, 0.05) is 13.1 Å². The summed E-state index contributed by atoms with van der Waals surface area (Å²) in [5.41, 5.74) is 6.55. The molecule has 1 aromatic rings. The number of hydrogen-bond acceptors (Lipinski definition) is 3. The van der Waals surface area contributed by atoms with Crippen LogP contribution in [0.4, 0.5) is 4.79 Å². The number of nitrogens with two attached hydrogens (primary N) is 1. The SMILES string of the molecule is COc1ccc(C2CN(CCCN)C(=O)N2)cc1. The molecule has 0 radical (unpaired) electrons. The highest BCUT2D eigenvalue weighted by atomic mass is 16.5. The van der Waals surface area contributed by atoms with Gasteiger partial charge in [-0.3, -0.25) is 0 Å². The van der Waals surface area contributed by atoms with Crippen LogP contribution in [0.5, 0.6) is 5.75 Å². The van der Waals surface area contributed by atoms with Crippen molar-refractivity contribution >= 4 is 6.03 Å². The standard InChI is InChI=1S/C13H19N3O2/c1-18-11-5-3-10(4-6-11)12-9-16(8-2-7-14)13(17)15-12/h3-6,12H,2,7-9,14H2,1H3,(H,15,17). The molecule has 0 aromatic heterocycles. The molecule has 0 spiro atoms. The Labute approximate surface area is 107 Å². The quantitative estimate of drug-likeness (QED) is 0.821. The largest absolute Gasteiger partial charge is 0.497 e. The Morgan fingerprint density at radius 3 is 2.78 bits per heavy atom. The van der Waals surface area contributed by atoms with E-state index in [0.29, 0.717) is 13.1 Å². The maximum Gasteiger partial charge on any atom is 0.318 e. The third-order valence-electron chi connectivity index (χ3n) is 3.14. The Balaban J connectivity index is 2.00. The number of methoxy groups -OCH3 is 1. The number of carbonyl (C=O) groups excluding carboxylic acids is 1. The fourth-order valence-corrected chi connectivity index (χ4v) is 2.09. The third kappa shape index (κ3) is 2.73. The van der Waals surface area contributed by atoms with Gasteiger partial charge in [0.25, 0.3) is 0 Å². The summed E-state index contributed by atoms with van der Waals surface area (Å²) >= 11 is 0. The van der Waals surface area contributed by atoms with E-state index in [1.165, 1.54) is 0 Å². The van der Waals surface area contributed by atoms with Crippen molar-refractivity contribution in [2.75, 3.05) is 26.7 Å². The molecule has 1 heterocycles. The van der Waals surface area contributed by atoms with Crippen LogP contribution in [-0.4, -0.2) is 37.7 Å². The smallest absolute Gasteiger partial charge is 0.318 e. The Morgan fingerprint density at radius 1 is 1.44 bits per heavy atom. The minimum absolute atomic E-state index is 0.00994. The number of urea groups is 1. The molecule has 2 rings (SSSR count). The van der Waals surface area contributed by atoms with E-state index in [1.807, 2.05) is 29.2 Å². The third-order valence-corrected chi connectivity index (χ3v) is 3.14. The van der Waals surface area contributed by atoms with Gasteiger partial charge in [0.1, 0.15) is 5.75 Å². The van der Waals surface area contributed by atoms with Crippen molar-refractivity contribution in [2.45, 2.75) is 12.5 Å². The molecule has 18 heavy (non-hydrogen) atoms. The van der Waals surface area contributed by atoms with Crippen LogP contribution in [0.25, 0.3) is 0 Å². The summed E-state index contributed by atoms with van der Waals surface area (Å²) in [4.78, 5) is 13.5. The minimum atomic E-state index is -0.00994. The number of amides is 2. The molecule has 3 N–H and O–H groups in total. The van der Waals surface area contributed by atoms with Crippen LogP contribution in [0.3, 0.4) is 0 Å². The number of benzene rings is 1. The highest BCUT2D eigenvalue weighted by Crippen LogP contribution is 2.22. The van der Waals surface area contributed by atoms with E-state index in [2.05, 4.69) is 5.32 Å². The topological polar surface area (TPSA) is 67.6 Å². The lowest BCUT2D eigenvalue weighted by molar-refractivity contribution is 0.217. The Kier molecular flexibility index (Phi) is 4.04. The molecule has 1 atom stereocenters. The van der Waals surface area contributed by atoms with E-state index in [1.54, 1.807) is 7.11 Å². The average Bonchev–Trinajstić information content (AvgIpc) is 2.78. The molecule has 5 heteroatoms. The van der Waals surface area contributed by atoms with Crippen molar-refractivity contribution in [3.63, 3.8) is 0 Å². The maximum atomic E-state index is 11.7. The van der Waals surface area contributed by atoms with Gasteiger partial charge in [-0.25, -0.2) is 4.79 Å². The van der Waals surface area contributed by atoms with Crippen LogP contribution in [0.15, 0.2) is 24.3 Å². The molecule has 1 aliphatic rings.